The minimum absolute atomic E-state index is 0.273. The Bertz CT molecular complexity index is 948. The highest BCUT2D eigenvalue weighted by molar-refractivity contribution is 5.97. The number of hydroxylamine groups is 1. The molecule has 170 valence electrons. The van der Waals surface area contributed by atoms with Crippen LogP contribution in [0.3, 0.4) is 0 Å². The van der Waals surface area contributed by atoms with E-state index in [4.69, 9.17) is 10.3 Å². The van der Waals surface area contributed by atoms with Crippen LogP contribution in [0.4, 0.5) is 0 Å². The molecule has 0 saturated heterocycles. The van der Waals surface area contributed by atoms with E-state index in [2.05, 4.69) is 22.5 Å². The second-order valence-corrected chi connectivity index (χ2v) is 7.16. The molecule has 32 heavy (non-hydrogen) atoms. The number of aliphatic hydroxyl groups is 3. The maximum absolute atomic E-state index is 12.3. The Morgan fingerprint density at radius 3 is 2.03 bits per heavy atom. The number of benzene rings is 2. The van der Waals surface area contributed by atoms with Crippen LogP contribution in [0.2, 0.25) is 0 Å². The Morgan fingerprint density at radius 2 is 1.53 bits per heavy atom. The molecule has 0 radical (unpaired) electrons. The van der Waals surface area contributed by atoms with Crippen molar-refractivity contribution in [1.82, 2.24) is 16.1 Å². The lowest BCUT2D eigenvalue weighted by atomic mass is 10.1. The summed E-state index contributed by atoms with van der Waals surface area (Å²) in [5.74, 6) is 4.54. The third-order valence-corrected chi connectivity index (χ3v) is 4.53. The van der Waals surface area contributed by atoms with Gasteiger partial charge >= 0.3 is 0 Å². The van der Waals surface area contributed by atoms with Gasteiger partial charge in [0.2, 0.25) is 0 Å². The van der Waals surface area contributed by atoms with Crippen molar-refractivity contribution in [3.8, 4) is 11.8 Å². The Morgan fingerprint density at radius 1 is 0.969 bits per heavy atom. The highest BCUT2D eigenvalue weighted by Gasteiger charge is 2.25. The molecule has 7 N–H and O–H groups in total. The van der Waals surface area contributed by atoms with Gasteiger partial charge < -0.3 is 26.0 Å². The Labute approximate surface area is 186 Å². The number of hydrogen-bond donors (Lipinski definition) is 7. The van der Waals surface area contributed by atoms with Gasteiger partial charge in [-0.15, -0.1) is 0 Å². The molecular formula is C23H27N3O6. The van der Waals surface area contributed by atoms with Gasteiger partial charge in [-0.05, 0) is 48.9 Å². The first-order valence-corrected chi connectivity index (χ1v) is 9.97. The van der Waals surface area contributed by atoms with Gasteiger partial charge in [-0.2, -0.15) is 0 Å². The Balaban J connectivity index is 1.95. The molecule has 9 nitrogen and oxygen atoms in total. The Kier molecular flexibility index (Phi) is 9.81. The van der Waals surface area contributed by atoms with E-state index in [1.165, 1.54) is 12.4 Å². The molecule has 2 aromatic carbocycles. The molecule has 9 heteroatoms. The predicted octanol–water partition coefficient (Wildman–Crippen LogP) is -0.486. The van der Waals surface area contributed by atoms with Crippen LogP contribution in [-0.2, 0) is 11.3 Å². The van der Waals surface area contributed by atoms with Crippen LogP contribution in [0.15, 0.2) is 48.5 Å². The minimum Gasteiger partial charge on any atom is -0.394 e. The minimum atomic E-state index is -1.29. The third-order valence-electron chi connectivity index (χ3n) is 4.53. The molecule has 0 aliphatic heterocycles. The monoisotopic (exact) mass is 441 g/mol. The van der Waals surface area contributed by atoms with Crippen LogP contribution in [0.1, 0.15) is 34.0 Å². The predicted molar refractivity (Wildman–Crippen MR) is 117 cm³/mol. The summed E-state index contributed by atoms with van der Waals surface area (Å²) in [4.78, 5) is 23.8. The standard InChI is InChI=1S/C23H27N3O6/c1-15(28)21(23(31)26-32)25-22(30)19-10-8-17(9-11-19)3-2-16-4-6-18(7-5-16)12-24-13-20(29)14-27/h4-11,15,20-21,24,27-29,32H,12-14H2,1H3,(H,25,30)(H,26,31)/t15-,20-,21+/m1/s1. The van der Waals surface area contributed by atoms with Gasteiger partial charge in [-0.1, -0.05) is 24.0 Å². The maximum atomic E-state index is 12.3. The number of carbonyl (C=O) groups excluding carboxylic acids is 2. The van der Waals surface area contributed by atoms with Gasteiger partial charge in [-0.25, -0.2) is 5.48 Å². The number of amides is 2. The summed E-state index contributed by atoms with van der Waals surface area (Å²) in [5, 5.41) is 41.8. The lowest BCUT2D eigenvalue weighted by Crippen LogP contribution is -2.51. The molecular weight excluding hydrogens is 414 g/mol. The number of carbonyl (C=O) groups is 2. The molecule has 0 unspecified atom stereocenters. The number of nitrogens with one attached hydrogen (secondary N) is 3. The van der Waals surface area contributed by atoms with Crippen LogP contribution in [0, 0.1) is 11.8 Å². The zero-order valence-electron chi connectivity index (χ0n) is 17.6. The van der Waals surface area contributed by atoms with Crippen LogP contribution >= 0.6 is 0 Å². The summed E-state index contributed by atoms with van der Waals surface area (Å²) in [6.45, 7) is 1.91. The molecule has 0 heterocycles. The van der Waals surface area contributed by atoms with Crippen molar-refractivity contribution in [2.45, 2.75) is 31.7 Å². The molecule has 0 aromatic heterocycles. The third kappa shape index (κ3) is 7.77. The van der Waals surface area contributed by atoms with E-state index >= 15 is 0 Å². The SMILES string of the molecule is C[C@@H](O)[C@H](NC(=O)c1ccc(C#Cc2ccc(CNC[C@@H](O)CO)cc2)cc1)C(=O)NO. The normalized spacial score (nSPS) is 13.3. The lowest BCUT2D eigenvalue weighted by Gasteiger charge is -2.19. The van der Waals surface area contributed by atoms with Gasteiger partial charge in [0, 0.05) is 29.8 Å². The van der Waals surface area contributed by atoms with E-state index in [-0.39, 0.29) is 12.2 Å². The van der Waals surface area contributed by atoms with Gasteiger partial charge in [0.1, 0.15) is 6.04 Å². The highest BCUT2D eigenvalue weighted by Crippen LogP contribution is 2.07. The van der Waals surface area contributed by atoms with E-state index in [0.717, 1.165) is 11.1 Å². The van der Waals surface area contributed by atoms with Crippen molar-refractivity contribution in [3.05, 3.63) is 70.8 Å². The molecule has 2 amide bonds. The molecule has 0 fully saturated rings. The molecule has 0 aliphatic carbocycles. The van der Waals surface area contributed by atoms with Crippen LogP contribution in [0.5, 0.6) is 0 Å². The number of hydrogen-bond acceptors (Lipinski definition) is 7. The summed E-state index contributed by atoms with van der Waals surface area (Å²) >= 11 is 0. The van der Waals surface area contributed by atoms with Gasteiger partial charge in [-0.3, -0.25) is 14.8 Å². The van der Waals surface area contributed by atoms with Crippen molar-refractivity contribution in [2.24, 2.45) is 0 Å². The number of rotatable bonds is 9. The van der Waals surface area contributed by atoms with E-state index in [0.29, 0.717) is 18.7 Å². The fourth-order valence-corrected chi connectivity index (χ4v) is 2.70. The quantitative estimate of drug-likeness (QED) is 0.158. The summed E-state index contributed by atoms with van der Waals surface area (Å²) in [6, 6.07) is 12.7. The first kappa shape index (κ1) is 25.0. The van der Waals surface area contributed by atoms with Crippen molar-refractivity contribution < 1.29 is 30.1 Å². The lowest BCUT2D eigenvalue weighted by molar-refractivity contribution is -0.133. The summed E-state index contributed by atoms with van der Waals surface area (Å²) in [5.41, 5.74) is 4.19. The van der Waals surface area contributed by atoms with Gasteiger partial charge in [0.25, 0.3) is 11.8 Å². The molecule has 0 spiro atoms. The molecule has 0 saturated carbocycles. The van der Waals surface area contributed by atoms with E-state index < -0.39 is 30.1 Å². The van der Waals surface area contributed by atoms with Crippen LogP contribution in [-0.4, -0.2) is 63.7 Å². The number of aliphatic hydroxyl groups excluding tert-OH is 3. The molecule has 2 aromatic rings. The Hall–Kier alpha value is -3.26. The van der Waals surface area contributed by atoms with E-state index in [9.17, 15) is 19.8 Å². The zero-order chi connectivity index (χ0) is 23.5. The molecule has 2 rings (SSSR count). The largest absolute Gasteiger partial charge is 0.394 e. The summed E-state index contributed by atoms with van der Waals surface area (Å²) in [6.07, 6.45) is -1.97. The topological polar surface area (TPSA) is 151 Å². The van der Waals surface area contributed by atoms with E-state index in [1.807, 2.05) is 24.3 Å². The molecule has 3 atom stereocenters. The van der Waals surface area contributed by atoms with E-state index in [1.54, 1.807) is 24.3 Å². The van der Waals surface area contributed by atoms with Crippen molar-refractivity contribution in [2.75, 3.05) is 13.2 Å². The van der Waals surface area contributed by atoms with Crippen molar-refractivity contribution >= 4 is 11.8 Å². The van der Waals surface area contributed by atoms with Crippen molar-refractivity contribution in [1.29, 1.82) is 0 Å². The average Bonchev–Trinajstić information content (AvgIpc) is 2.81. The van der Waals surface area contributed by atoms with Crippen LogP contribution < -0.4 is 16.1 Å². The highest BCUT2D eigenvalue weighted by atomic mass is 16.5. The fourth-order valence-electron chi connectivity index (χ4n) is 2.70. The maximum Gasteiger partial charge on any atom is 0.268 e. The zero-order valence-corrected chi connectivity index (χ0v) is 17.6. The molecule has 0 aliphatic rings. The van der Waals surface area contributed by atoms with Crippen LogP contribution in [0.25, 0.3) is 0 Å². The van der Waals surface area contributed by atoms with Gasteiger partial charge in [0.15, 0.2) is 0 Å². The first-order valence-electron chi connectivity index (χ1n) is 9.97. The summed E-state index contributed by atoms with van der Waals surface area (Å²) in [7, 11) is 0. The summed E-state index contributed by atoms with van der Waals surface area (Å²) < 4.78 is 0. The second-order valence-electron chi connectivity index (χ2n) is 7.16. The van der Waals surface area contributed by atoms with Crippen molar-refractivity contribution in [3.63, 3.8) is 0 Å². The second kappa shape index (κ2) is 12.6. The fraction of sp³-hybridized carbons (Fsp3) is 0.304. The van der Waals surface area contributed by atoms with Gasteiger partial charge in [0.05, 0.1) is 18.8 Å². The smallest absolute Gasteiger partial charge is 0.268 e. The average molecular weight is 441 g/mol. The first-order chi connectivity index (χ1) is 15.3. The molecule has 0 bridgehead atoms.